The SMILES string of the molecule is O=C(OCCN1CCOCC1)c1cccc2c1Cc1ccccc1O2.[Na]. The molecule has 0 bridgehead atoms. The molecule has 0 unspecified atom stereocenters. The van der Waals surface area contributed by atoms with Crippen LogP contribution in [0.15, 0.2) is 42.5 Å². The van der Waals surface area contributed by atoms with E-state index in [1.165, 1.54) is 0 Å². The first-order valence-electron chi connectivity index (χ1n) is 8.66. The van der Waals surface area contributed by atoms with Gasteiger partial charge in [0.15, 0.2) is 0 Å². The van der Waals surface area contributed by atoms with Gasteiger partial charge in [-0.3, -0.25) is 4.90 Å². The van der Waals surface area contributed by atoms with E-state index in [1.807, 2.05) is 42.5 Å². The molecule has 1 saturated heterocycles. The second kappa shape index (κ2) is 9.02. The number of carbonyl (C=O) groups excluding carboxylic acids is 1. The molecule has 2 aromatic carbocycles. The molecule has 2 aliphatic rings. The van der Waals surface area contributed by atoms with Gasteiger partial charge >= 0.3 is 5.97 Å². The Morgan fingerprint density at radius 3 is 2.65 bits per heavy atom. The van der Waals surface area contributed by atoms with E-state index in [1.54, 1.807) is 0 Å². The first kappa shape index (κ1) is 19.4. The summed E-state index contributed by atoms with van der Waals surface area (Å²) in [6.07, 6.45) is 0.681. The van der Waals surface area contributed by atoms with Gasteiger partial charge in [0.2, 0.25) is 0 Å². The van der Waals surface area contributed by atoms with Crippen LogP contribution in [-0.4, -0.2) is 79.9 Å². The standard InChI is InChI=1S/C20H21NO4.Na/c22-20(24-13-10-21-8-11-23-12-9-21)16-5-3-7-19-17(16)14-15-4-1-2-6-18(15)25-19;/h1-7H,8-14H2;. The Bertz CT molecular complexity index is 774. The van der Waals surface area contributed by atoms with Crippen molar-refractivity contribution in [3.05, 3.63) is 59.2 Å². The topological polar surface area (TPSA) is 48.0 Å². The Hall–Kier alpha value is -1.37. The first-order valence-corrected chi connectivity index (χ1v) is 8.66. The van der Waals surface area contributed by atoms with Gasteiger partial charge in [-0.1, -0.05) is 24.3 Å². The number of hydrogen-bond acceptors (Lipinski definition) is 5. The number of morpholine rings is 1. The molecule has 0 aliphatic carbocycles. The second-order valence-corrected chi connectivity index (χ2v) is 6.26. The number of para-hydroxylation sites is 1. The summed E-state index contributed by atoms with van der Waals surface area (Å²) in [5.41, 5.74) is 2.58. The summed E-state index contributed by atoms with van der Waals surface area (Å²) in [5.74, 6) is 1.31. The molecule has 2 heterocycles. The number of rotatable bonds is 4. The third-order valence-electron chi connectivity index (χ3n) is 4.66. The molecule has 2 aromatic rings. The van der Waals surface area contributed by atoms with Crippen molar-refractivity contribution in [1.29, 1.82) is 0 Å². The zero-order chi connectivity index (χ0) is 17.1. The molecule has 0 saturated carbocycles. The molecule has 5 nitrogen and oxygen atoms in total. The van der Waals surface area contributed by atoms with E-state index >= 15 is 0 Å². The summed E-state index contributed by atoms with van der Waals surface area (Å²) in [7, 11) is 0. The van der Waals surface area contributed by atoms with Crippen molar-refractivity contribution in [3.63, 3.8) is 0 Å². The molecule has 0 aromatic heterocycles. The quantitative estimate of drug-likeness (QED) is 0.527. The minimum atomic E-state index is -0.284. The van der Waals surface area contributed by atoms with Crippen LogP contribution < -0.4 is 4.74 Å². The molecule has 2 aliphatic heterocycles. The van der Waals surface area contributed by atoms with Crippen LogP contribution in [0.25, 0.3) is 0 Å². The largest absolute Gasteiger partial charge is 0.461 e. The summed E-state index contributed by atoms with van der Waals surface area (Å²) in [6, 6.07) is 13.5. The van der Waals surface area contributed by atoms with E-state index < -0.39 is 0 Å². The van der Waals surface area contributed by atoms with Crippen molar-refractivity contribution < 1.29 is 19.0 Å². The van der Waals surface area contributed by atoms with E-state index in [0.29, 0.717) is 18.6 Å². The smallest absolute Gasteiger partial charge is 0.338 e. The maximum Gasteiger partial charge on any atom is 0.338 e. The molecule has 0 atom stereocenters. The average Bonchev–Trinajstić information content (AvgIpc) is 2.66. The molecular formula is C20H21NNaO4. The van der Waals surface area contributed by atoms with Crippen molar-refractivity contribution in [3.8, 4) is 11.5 Å². The number of nitrogens with zero attached hydrogens (tertiary/aromatic N) is 1. The number of ether oxygens (including phenoxy) is 3. The monoisotopic (exact) mass is 362 g/mol. The fourth-order valence-corrected chi connectivity index (χ4v) is 3.26. The summed E-state index contributed by atoms with van der Waals surface area (Å²) in [4.78, 5) is 14.8. The van der Waals surface area contributed by atoms with Gasteiger partial charge in [0.1, 0.15) is 18.1 Å². The molecule has 26 heavy (non-hydrogen) atoms. The molecule has 0 spiro atoms. The van der Waals surface area contributed by atoms with Gasteiger partial charge in [-0.05, 0) is 23.8 Å². The average molecular weight is 362 g/mol. The van der Waals surface area contributed by atoms with Crippen molar-refractivity contribution in [2.75, 3.05) is 39.5 Å². The third-order valence-corrected chi connectivity index (χ3v) is 4.66. The van der Waals surface area contributed by atoms with Crippen LogP contribution in [0.3, 0.4) is 0 Å². The Kier molecular flexibility index (Phi) is 6.73. The number of carbonyl (C=O) groups is 1. The first-order chi connectivity index (χ1) is 12.3. The van der Waals surface area contributed by atoms with E-state index in [0.717, 1.165) is 55.5 Å². The van der Waals surface area contributed by atoms with Crippen molar-refractivity contribution in [1.82, 2.24) is 4.90 Å². The molecule has 0 N–H and O–H groups in total. The summed E-state index contributed by atoms with van der Waals surface area (Å²) < 4.78 is 16.8. The fourth-order valence-electron chi connectivity index (χ4n) is 3.26. The van der Waals surface area contributed by atoms with Gasteiger partial charge in [0.05, 0.1) is 18.8 Å². The normalized spacial score (nSPS) is 15.8. The van der Waals surface area contributed by atoms with Gasteiger partial charge in [-0.25, -0.2) is 4.79 Å². The van der Waals surface area contributed by atoms with Crippen molar-refractivity contribution in [2.45, 2.75) is 6.42 Å². The van der Waals surface area contributed by atoms with Crippen LogP contribution >= 0.6 is 0 Å². The number of fused-ring (bicyclic) bond motifs is 2. The Labute approximate surface area is 175 Å². The molecule has 1 radical (unpaired) electrons. The predicted molar refractivity (Wildman–Crippen MR) is 99.1 cm³/mol. The maximum atomic E-state index is 12.5. The van der Waals surface area contributed by atoms with Crippen LogP contribution in [0.1, 0.15) is 21.5 Å². The zero-order valence-corrected chi connectivity index (χ0v) is 17.1. The molecule has 131 valence electrons. The van der Waals surface area contributed by atoms with Crippen LogP contribution in [-0.2, 0) is 15.9 Å². The molecular weight excluding hydrogens is 341 g/mol. The van der Waals surface area contributed by atoms with E-state index in [2.05, 4.69) is 4.90 Å². The number of hydrogen-bond donors (Lipinski definition) is 0. The van der Waals surface area contributed by atoms with Gasteiger partial charge in [0, 0.05) is 61.2 Å². The Morgan fingerprint density at radius 1 is 1.04 bits per heavy atom. The minimum Gasteiger partial charge on any atom is -0.461 e. The molecule has 1 fully saturated rings. The van der Waals surface area contributed by atoms with Crippen LogP contribution in [0.5, 0.6) is 11.5 Å². The van der Waals surface area contributed by atoms with Crippen LogP contribution in [0.4, 0.5) is 0 Å². The molecule has 0 amide bonds. The Morgan fingerprint density at radius 2 is 1.81 bits per heavy atom. The number of benzene rings is 2. The van der Waals surface area contributed by atoms with Crippen molar-refractivity contribution in [2.24, 2.45) is 0 Å². The van der Waals surface area contributed by atoms with Gasteiger partial charge < -0.3 is 14.2 Å². The zero-order valence-electron chi connectivity index (χ0n) is 15.1. The van der Waals surface area contributed by atoms with Gasteiger partial charge in [0.25, 0.3) is 0 Å². The third kappa shape index (κ3) is 4.30. The predicted octanol–water partition coefficient (Wildman–Crippen LogP) is 2.49. The van der Waals surface area contributed by atoms with Crippen molar-refractivity contribution >= 4 is 35.5 Å². The van der Waals surface area contributed by atoms with E-state index in [-0.39, 0.29) is 35.5 Å². The Balaban J connectivity index is 0.00000196. The van der Waals surface area contributed by atoms with Crippen LogP contribution in [0, 0.1) is 0 Å². The minimum absolute atomic E-state index is 0. The molecule has 4 rings (SSSR count). The maximum absolute atomic E-state index is 12.5. The number of esters is 1. The fraction of sp³-hybridized carbons (Fsp3) is 0.350. The summed E-state index contributed by atoms with van der Waals surface area (Å²) in [5, 5.41) is 0. The van der Waals surface area contributed by atoms with Crippen LogP contribution in [0.2, 0.25) is 0 Å². The molecule has 6 heteroatoms. The van der Waals surface area contributed by atoms with Gasteiger partial charge in [-0.15, -0.1) is 0 Å². The second-order valence-electron chi connectivity index (χ2n) is 6.26. The summed E-state index contributed by atoms with van der Waals surface area (Å²) in [6.45, 7) is 4.41. The van der Waals surface area contributed by atoms with E-state index in [9.17, 15) is 4.79 Å². The van der Waals surface area contributed by atoms with Gasteiger partial charge in [-0.2, -0.15) is 0 Å². The van der Waals surface area contributed by atoms with E-state index in [4.69, 9.17) is 14.2 Å². The summed E-state index contributed by atoms with van der Waals surface area (Å²) >= 11 is 0.